The molecule has 19 fully saturated rings. The molecule has 0 aromatic carbocycles. The lowest BCUT2D eigenvalue weighted by Crippen LogP contribution is -2.59. The molecule has 19 aliphatic carbocycles. The molecule has 138 heavy (non-hydrogen) atoms. The van der Waals surface area contributed by atoms with Crippen LogP contribution in [0.25, 0.3) is 0 Å². The largest absolute Gasteiger partial charge is 0.465 e. The van der Waals surface area contributed by atoms with E-state index in [1.165, 1.54) is 173 Å². The molecular weight excluding hydrogens is 1750 g/mol. The van der Waals surface area contributed by atoms with Crippen LogP contribution < -0.4 is 0 Å². The summed E-state index contributed by atoms with van der Waals surface area (Å²) < 4.78 is 56.4. The molecular formula is C116H188O22. The zero-order chi connectivity index (χ0) is 101. The van der Waals surface area contributed by atoms with E-state index in [1.807, 2.05) is 104 Å². The van der Waals surface area contributed by atoms with E-state index in [1.54, 1.807) is 13.8 Å². The first-order valence-corrected chi connectivity index (χ1v) is 55.7. The molecule has 19 rings (SSSR count). The van der Waals surface area contributed by atoms with Gasteiger partial charge in [0.15, 0.2) is 13.2 Å². The Morgan fingerprint density at radius 1 is 0.290 bits per heavy atom. The highest BCUT2D eigenvalue weighted by Gasteiger charge is 2.63. The number of carbonyl (C=O) groups excluding carboxylic acids is 12. The second-order valence-electron chi connectivity index (χ2n) is 51.7. The highest BCUT2D eigenvalue weighted by atomic mass is 16.6. The van der Waals surface area contributed by atoms with Crippen molar-refractivity contribution in [2.24, 2.45) is 150 Å². The zero-order valence-electron chi connectivity index (χ0n) is 90.3. The number of ketones is 2. The maximum Gasteiger partial charge on any atom is 0.350 e. The number of Topliss-reactive ketones (excluding diaryl/α,β-unsaturated/α-hetero) is 2. The van der Waals surface area contributed by atoms with Gasteiger partial charge in [-0.05, 0) is 428 Å². The van der Waals surface area contributed by atoms with Crippen LogP contribution in [0.3, 0.4) is 0 Å². The first-order valence-electron chi connectivity index (χ1n) is 55.7. The van der Waals surface area contributed by atoms with Gasteiger partial charge < -0.3 is 47.4 Å². The first-order chi connectivity index (χ1) is 64.7. The molecule has 0 radical (unpaired) electrons. The molecule has 2 atom stereocenters. The molecule has 0 saturated heterocycles. The molecule has 0 N–H and O–H groups in total. The van der Waals surface area contributed by atoms with Gasteiger partial charge in [-0.2, -0.15) is 0 Å². The highest BCUT2D eigenvalue weighted by molar-refractivity contribution is 5.93. The van der Waals surface area contributed by atoms with Gasteiger partial charge in [-0.3, -0.25) is 43.2 Å². The van der Waals surface area contributed by atoms with Crippen LogP contribution in [-0.4, -0.2) is 132 Å². The Morgan fingerprint density at radius 3 is 0.986 bits per heavy atom. The fourth-order valence-corrected chi connectivity index (χ4v) is 29.0. The van der Waals surface area contributed by atoms with Crippen LogP contribution in [-0.2, 0) is 105 Å². The third kappa shape index (κ3) is 26.3. The summed E-state index contributed by atoms with van der Waals surface area (Å²) in [7, 11) is 0. The topological polar surface area (TPSA) is 297 Å². The quantitative estimate of drug-likeness (QED) is 0.0317. The Hall–Kier alpha value is -5.96. The standard InChI is InChI=1S/C32H50O6.C23H40O4.2C21H34O4.C19H30O4/c1-6-30(2,3)29(36)38-14-13-37-28(35)25-10-8-7-9-24(25)26(33)11-12-27(34)31(4,5)32-18-21-15-22(19-32)17-23(16-21)20-32;1-5-22(3,4)21(25)26-17-20(24)27-23(6-2,18-13-9-7-10-14-18)19-15-11-8-12-16-19;1-7-19(2,3)17(22)24-20(4,5)18(23)25-21(6)15-9-13-8-14(11-15)12-16(21)10-13;1-5-20(2,3)19(23)24-8-6-7-18(22)25-21(4)16-10-14-9-15(12-16)13-17(21)11-14;1-5-18(2,3)17(21)22-11-16(20)23-19(4)14-7-12-6-13(9-14)10-15(19)8-12/h21-25H,6-20H2,1-5H3;18-19H,5-17H2,1-4H3;13-16H,7-12H2,1-6H3;14-17H,5-13H2,1-4H3;12-15H,5-11H2,1-4H3. The summed E-state index contributed by atoms with van der Waals surface area (Å²) in [5.41, 5.74) is -5.64. The van der Waals surface area contributed by atoms with Crippen molar-refractivity contribution in [1.29, 1.82) is 0 Å². The molecule has 22 nitrogen and oxygen atoms in total. The second-order valence-corrected chi connectivity index (χ2v) is 51.7. The van der Waals surface area contributed by atoms with Gasteiger partial charge in [-0.1, -0.05) is 107 Å². The van der Waals surface area contributed by atoms with Gasteiger partial charge in [0.1, 0.15) is 47.2 Å². The predicted octanol–water partition coefficient (Wildman–Crippen LogP) is 25.0. The fraction of sp³-hybridized carbons (Fsp3) is 0.897. The lowest BCUT2D eigenvalue weighted by molar-refractivity contribution is -0.221. The van der Waals surface area contributed by atoms with Crippen LogP contribution in [0.4, 0.5) is 0 Å². The highest BCUT2D eigenvalue weighted by Crippen LogP contribution is 2.68. The fourth-order valence-electron chi connectivity index (χ4n) is 29.0. The SMILES string of the molecule is CCC(C)(C)C(=O)OC(C)(C)C(=O)OC1(C)C2CC3CC(C2)CC1C3.CCC(C)(C)C(=O)OCC(=O)OC(CC)(C1CCCCC1)C1CCCCC1.CCC(C)(C)C(=O)OCC(=O)OC1(C)C2CC3CC(C2)CC1C3.CCC(C)(C)C(=O)OCCCC(=O)OC1(C)C2CC3CC(C2)CC1C3.CCC(C)(C)C(=O)OCCOC(=O)C1CCCCC1C(=O)CCC(=O)C(C)(C)C12CC3CC(CC(C3)C1)C2. The zero-order valence-corrected chi connectivity index (χ0v) is 90.3. The Morgan fingerprint density at radius 2 is 0.609 bits per heavy atom. The molecule has 0 aromatic heterocycles. The summed E-state index contributed by atoms with van der Waals surface area (Å²) >= 11 is 0. The molecule has 784 valence electrons. The van der Waals surface area contributed by atoms with Gasteiger partial charge in [0, 0.05) is 30.6 Å². The van der Waals surface area contributed by atoms with Crippen LogP contribution in [0.5, 0.6) is 0 Å². The van der Waals surface area contributed by atoms with Crippen molar-refractivity contribution >= 4 is 71.3 Å². The average Bonchev–Trinajstić information content (AvgIpc) is 0.731. The van der Waals surface area contributed by atoms with Crippen molar-refractivity contribution in [3.63, 3.8) is 0 Å². The molecule has 2 unspecified atom stereocenters. The van der Waals surface area contributed by atoms with E-state index in [-0.39, 0.29) is 133 Å². The van der Waals surface area contributed by atoms with Gasteiger partial charge in [0.25, 0.3) is 0 Å². The van der Waals surface area contributed by atoms with Crippen LogP contribution >= 0.6 is 0 Å². The molecule has 0 amide bonds. The van der Waals surface area contributed by atoms with Crippen molar-refractivity contribution in [1.82, 2.24) is 0 Å². The third-order valence-corrected chi connectivity index (χ3v) is 39.8. The van der Waals surface area contributed by atoms with Crippen molar-refractivity contribution in [2.75, 3.05) is 33.0 Å². The Kier molecular flexibility index (Phi) is 37.6. The van der Waals surface area contributed by atoms with E-state index in [4.69, 9.17) is 47.4 Å². The summed E-state index contributed by atoms with van der Waals surface area (Å²) in [6, 6.07) is 0. The predicted molar refractivity (Wildman–Crippen MR) is 531 cm³/mol. The van der Waals surface area contributed by atoms with Gasteiger partial charge in [0.2, 0.25) is 5.60 Å². The summed E-state index contributed by atoms with van der Waals surface area (Å²) in [5.74, 6) is 7.60. The van der Waals surface area contributed by atoms with E-state index in [0.717, 1.165) is 105 Å². The Labute approximate surface area is 831 Å². The maximum absolute atomic E-state index is 13.6. The van der Waals surface area contributed by atoms with Crippen molar-refractivity contribution < 1.29 is 105 Å². The molecule has 19 aliphatic rings. The molecule has 0 aromatic rings. The number of carbonyl (C=O) groups is 12. The molecule has 0 heterocycles. The Balaban J connectivity index is 0.000000167. The smallest absolute Gasteiger partial charge is 0.350 e. The minimum atomic E-state index is -1.25. The molecule has 0 spiro atoms. The number of hydrogen-bond donors (Lipinski definition) is 0. The van der Waals surface area contributed by atoms with Gasteiger partial charge in [0.05, 0.1) is 39.6 Å². The van der Waals surface area contributed by atoms with Crippen molar-refractivity contribution in [3.8, 4) is 0 Å². The summed E-state index contributed by atoms with van der Waals surface area (Å²) in [6.45, 7) is 44.2. The van der Waals surface area contributed by atoms with E-state index in [9.17, 15) is 57.5 Å². The van der Waals surface area contributed by atoms with Gasteiger partial charge in [-0.15, -0.1) is 0 Å². The summed E-state index contributed by atoms with van der Waals surface area (Å²) in [5, 5.41) is 0. The maximum atomic E-state index is 13.6. The number of hydrogen-bond acceptors (Lipinski definition) is 22. The monoisotopic (exact) mass is 1930 g/mol. The van der Waals surface area contributed by atoms with E-state index in [0.29, 0.717) is 105 Å². The number of rotatable bonds is 37. The minimum absolute atomic E-state index is 0.000478. The second kappa shape index (κ2) is 46.2. The summed E-state index contributed by atoms with van der Waals surface area (Å²) in [4.78, 5) is 151. The minimum Gasteiger partial charge on any atom is -0.465 e. The molecule has 22 heteroatoms. The van der Waals surface area contributed by atoms with Crippen LogP contribution in [0.2, 0.25) is 0 Å². The molecule has 16 bridgehead atoms. The average molecular weight is 1930 g/mol. The summed E-state index contributed by atoms with van der Waals surface area (Å²) in [6.07, 6.45) is 47.1. The van der Waals surface area contributed by atoms with Crippen molar-refractivity contribution in [3.05, 3.63) is 0 Å². The normalized spacial score (nSPS) is 32.6. The first kappa shape index (κ1) is 112. The van der Waals surface area contributed by atoms with E-state index in [2.05, 4.69) is 41.5 Å². The number of esters is 10. The lowest BCUT2D eigenvalue weighted by Gasteiger charge is -2.62. The van der Waals surface area contributed by atoms with E-state index >= 15 is 0 Å². The number of ether oxygens (including phenoxy) is 10. The van der Waals surface area contributed by atoms with Crippen LogP contribution in [0, 0.1) is 150 Å². The third-order valence-electron chi connectivity index (χ3n) is 39.8. The molecule has 19 saturated carbocycles. The van der Waals surface area contributed by atoms with E-state index < -0.39 is 55.6 Å². The van der Waals surface area contributed by atoms with Gasteiger partial charge in [-0.25, -0.2) is 14.4 Å². The lowest BCUT2D eigenvalue weighted by atomic mass is 9.42. The molecule has 0 aliphatic heterocycles. The Bertz CT molecular complexity index is 4030. The van der Waals surface area contributed by atoms with Crippen molar-refractivity contribution in [2.45, 2.75) is 476 Å². The van der Waals surface area contributed by atoms with Gasteiger partial charge >= 0.3 is 59.7 Å². The van der Waals surface area contributed by atoms with Crippen LogP contribution in [0.15, 0.2) is 0 Å². The van der Waals surface area contributed by atoms with Crippen LogP contribution in [0.1, 0.15) is 448 Å².